The van der Waals surface area contributed by atoms with E-state index < -0.39 is 54.3 Å². The molecule has 704 valence electrons. The number of para-hydroxylation sites is 3. The van der Waals surface area contributed by atoms with Gasteiger partial charge in [-0.3, -0.25) is 28.4 Å². The zero-order chi connectivity index (χ0) is 104. The Morgan fingerprint density at radius 3 is 1.04 bits per heavy atom. The normalized spacial score (nSPS) is 14.3. The quantitative estimate of drug-likeness (QED) is 0.0212. The van der Waals surface area contributed by atoms with E-state index in [1.165, 1.54) is 51.8 Å². The van der Waals surface area contributed by atoms with E-state index in [1.54, 1.807) is 152 Å². The molecule has 14 aromatic rings. The van der Waals surface area contributed by atoms with Gasteiger partial charge in [0.1, 0.15) is 36.4 Å². The highest BCUT2D eigenvalue weighted by Gasteiger charge is 2.31. The standard InChI is InChI=1S/2C24H26N10O3.C16H16ClN7O2.C8H9N3O3.C8H11N3O.C5H3FN2O2/c2*1-25-24(36)21-18(28-17-6-4-5-16(22(17)37-3)23-27-13-33(2)32-23)9-20(30-31-21)29-19-8-7-14(10-26-19)34-11-15(35)12-34;1-18-16(25)13-11(7-12(17)21-22-13)20-10-6-4-5-9(14(10)26-3)15-19-8-24(2)23-15;12-7-4-10(5-7)6-1-2-8(9-3-6)11(13)14;9-8-2-1-6(3-10-8)11-4-7(12)5-11;6-4-1-2-5(7-3-4)8(9)10/h2*4-10,13,15,35H,11-12H2,1-3H3,(H,25,36)(H2,26,28,29,30);4-8H,1-3H3,(H,18,25)(H,20,21);1-3,7,12H,4-5H2;1-3,7,12H,4-5H2,(H2,9,10);1-3H/i3*1D3;;;. The van der Waals surface area contributed by atoms with Crippen molar-refractivity contribution in [3.05, 3.63) is 232 Å². The molecular weight excluding hydrogens is 1790 g/mol. The van der Waals surface area contributed by atoms with E-state index in [9.17, 15) is 49.2 Å². The van der Waals surface area contributed by atoms with E-state index in [1.807, 2.05) is 48.8 Å². The third-order valence-electron chi connectivity index (χ3n) is 19.8. The minimum Gasteiger partial charge on any atom is -0.494 e. The van der Waals surface area contributed by atoms with Crippen LogP contribution < -0.4 is 82.1 Å². The molecule has 51 heteroatoms. The lowest BCUT2D eigenvalue weighted by molar-refractivity contribution is -0.389. The SMILES string of the molecule is Nc1ccc(N2CC(O)C2)cn1.O=[N+]([O-])c1ccc(F)cn1.O=[N+]([O-])c1ccc(N2CC(O)C2)cn1.[2H]C([2H])([2H])NC(=O)c1nnc(Cl)cc1Nc1cccc(-c2ncn(C)n2)c1OC.[2H]C([2H])([2H])NC(=O)c1nnc(Nc2ccc(N3CC(O)C3)cn2)cc1Nc1cccc(-c2ncn(C)n2)c1OC.[2H]C([2H])([2H])NC(=O)c1nnc(Nc2ccc(N3CC(O)C3)cn2)cc1Nc1cccc(-c2ncn(C)n2)c1OC. The van der Waals surface area contributed by atoms with Crippen LogP contribution in [0.5, 0.6) is 17.2 Å². The molecule has 0 bridgehead atoms. The van der Waals surface area contributed by atoms with E-state index in [-0.39, 0.29) is 87.0 Å². The van der Waals surface area contributed by atoms with Crippen LogP contribution in [0.3, 0.4) is 0 Å². The molecule has 4 fully saturated rings. The maximum absolute atomic E-state index is 12.8. The highest BCUT2D eigenvalue weighted by Crippen LogP contribution is 2.41. The van der Waals surface area contributed by atoms with Crippen LogP contribution in [0, 0.1) is 26.0 Å². The Kier molecular flexibility index (Phi) is 27.6. The van der Waals surface area contributed by atoms with Gasteiger partial charge in [-0.25, -0.2) is 34.3 Å². The number of aryl methyl sites for hydroxylation is 3. The molecule has 136 heavy (non-hydrogen) atoms. The van der Waals surface area contributed by atoms with Crippen molar-refractivity contribution in [2.45, 2.75) is 24.4 Å². The monoisotopic (exact) mass is 1890 g/mol. The first-order chi connectivity index (χ1) is 69.0. The second kappa shape index (κ2) is 44.6. The number of nitrogens with one attached hydrogen (secondary N) is 8. The van der Waals surface area contributed by atoms with Crippen molar-refractivity contribution in [3.63, 3.8) is 0 Å². The Balaban J connectivity index is 0.000000156. The number of anilines is 15. The van der Waals surface area contributed by atoms with Crippen molar-refractivity contribution >= 4 is 127 Å². The number of hydrogen-bond acceptors (Lipinski definition) is 41. The summed E-state index contributed by atoms with van der Waals surface area (Å²) < 4.78 is 99.7. The molecule has 4 aliphatic heterocycles. The smallest absolute Gasteiger partial charge is 0.363 e. The number of aliphatic hydroxyl groups excluding tert-OH is 4. The van der Waals surface area contributed by atoms with Gasteiger partial charge in [-0.1, -0.05) is 29.8 Å². The van der Waals surface area contributed by atoms with E-state index in [0.29, 0.717) is 138 Å². The summed E-state index contributed by atoms with van der Waals surface area (Å²) in [5.41, 5.74) is 11.9. The van der Waals surface area contributed by atoms with Gasteiger partial charge in [-0.05, 0) is 105 Å². The minimum absolute atomic E-state index is 0.0134. The summed E-state index contributed by atoms with van der Waals surface area (Å²) in [5.74, 6) is 0.560. The van der Waals surface area contributed by atoms with Crippen molar-refractivity contribution in [1.82, 2.24) is 116 Å². The third-order valence-corrected chi connectivity index (χ3v) is 20.0. The summed E-state index contributed by atoms with van der Waals surface area (Å²) in [6, 6.07) is 36.0. The summed E-state index contributed by atoms with van der Waals surface area (Å²) in [6.45, 7) is -3.40. The molecule has 4 aliphatic rings. The number of hydrogen-bond donors (Lipinski definition) is 13. The molecule has 11 aromatic heterocycles. The highest BCUT2D eigenvalue weighted by atomic mass is 35.5. The lowest BCUT2D eigenvalue weighted by Crippen LogP contribution is -2.50. The lowest BCUT2D eigenvalue weighted by Gasteiger charge is -2.37. The Morgan fingerprint density at radius 1 is 0.419 bits per heavy atom. The molecule has 18 rings (SSSR count). The number of rotatable bonds is 25. The molecule has 3 amide bonds. The van der Waals surface area contributed by atoms with Crippen LogP contribution in [0.25, 0.3) is 34.2 Å². The van der Waals surface area contributed by atoms with Crippen LogP contribution in [0.15, 0.2) is 183 Å². The number of carbonyl (C=O) groups excluding carboxylic acids is 3. The summed E-state index contributed by atoms with van der Waals surface area (Å²) >= 11 is 5.91. The maximum atomic E-state index is 12.8. The summed E-state index contributed by atoms with van der Waals surface area (Å²) in [6.07, 6.45) is 10.9. The first-order valence-corrected chi connectivity index (χ1v) is 40.8. The predicted molar refractivity (Wildman–Crippen MR) is 498 cm³/mol. The predicted octanol–water partition coefficient (Wildman–Crippen LogP) is 6.59. The Labute approximate surface area is 790 Å². The van der Waals surface area contributed by atoms with Gasteiger partial charge in [0.2, 0.25) is 0 Å². The van der Waals surface area contributed by atoms with Crippen LogP contribution in [0.4, 0.5) is 102 Å². The fourth-order valence-corrected chi connectivity index (χ4v) is 13.3. The number of aliphatic hydroxyl groups is 4. The Bertz CT molecular complexity index is 6650. The zero-order valence-corrected chi connectivity index (χ0v) is 73.4. The van der Waals surface area contributed by atoms with Gasteiger partial charge in [0.25, 0.3) is 17.7 Å². The van der Waals surface area contributed by atoms with E-state index >= 15 is 0 Å². The molecule has 3 aromatic carbocycles. The molecule has 14 N–H and O–H groups in total. The zero-order valence-electron chi connectivity index (χ0n) is 81.6. The van der Waals surface area contributed by atoms with Gasteiger partial charge in [0.05, 0.1) is 138 Å². The average Bonchev–Trinajstić information content (AvgIpc) is 1.81. The van der Waals surface area contributed by atoms with E-state index in [0.717, 1.165) is 41.1 Å². The average molecular weight is 1890 g/mol. The molecule has 0 unspecified atom stereocenters. The van der Waals surface area contributed by atoms with Crippen LogP contribution in [0.2, 0.25) is 5.15 Å². The van der Waals surface area contributed by atoms with Crippen molar-refractivity contribution in [2.75, 3.05) is 147 Å². The van der Waals surface area contributed by atoms with Gasteiger partial charge >= 0.3 is 11.6 Å². The van der Waals surface area contributed by atoms with E-state index in [2.05, 4.69) is 117 Å². The number of nitrogens with two attached hydrogens (primary N) is 1. The number of benzene rings is 3. The number of nitrogens with zero attached hydrogens (tertiary/aromatic N) is 26. The van der Waals surface area contributed by atoms with Crippen molar-refractivity contribution < 1.29 is 75.6 Å². The number of ether oxygens (including phenoxy) is 3. The topological polar surface area (TPSA) is 615 Å². The van der Waals surface area contributed by atoms with Crippen LogP contribution in [-0.4, -0.2) is 267 Å². The molecular formula is C85H91ClFN35O14. The van der Waals surface area contributed by atoms with Crippen LogP contribution in [0.1, 0.15) is 43.8 Å². The van der Waals surface area contributed by atoms with Gasteiger partial charge in [-0.15, -0.1) is 30.6 Å². The number of pyridine rings is 5. The van der Waals surface area contributed by atoms with Gasteiger partial charge < -0.3 is 123 Å². The fourth-order valence-electron chi connectivity index (χ4n) is 13.1. The number of amides is 3. The fraction of sp³-hybridized carbons (Fsp3) is 0.247. The molecule has 0 aliphatic carbocycles. The second-order valence-electron chi connectivity index (χ2n) is 29.5. The number of halogens is 2. The van der Waals surface area contributed by atoms with Crippen molar-refractivity contribution in [3.8, 4) is 51.4 Å². The summed E-state index contributed by atoms with van der Waals surface area (Å²) in [7, 11) is 9.69. The summed E-state index contributed by atoms with van der Waals surface area (Å²) in [4.78, 5) is 97.3. The molecule has 0 atom stereocenters. The van der Waals surface area contributed by atoms with Gasteiger partial charge in [-0.2, -0.15) is 15.3 Å². The molecule has 15 heterocycles. The lowest BCUT2D eigenvalue weighted by atomic mass is 10.1. The van der Waals surface area contributed by atoms with Crippen molar-refractivity contribution in [2.24, 2.45) is 21.1 Å². The third kappa shape index (κ3) is 24.5. The number of methoxy groups -OCH3 is 3. The van der Waals surface area contributed by atoms with Gasteiger partial charge in [0.15, 0.2) is 86.8 Å². The summed E-state index contributed by atoms with van der Waals surface area (Å²) in [5, 5.41) is 115. The van der Waals surface area contributed by atoms with Crippen LogP contribution in [-0.2, 0) is 21.1 Å². The number of aromatic nitrogens is 20. The van der Waals surface area contributed by atoms with Crippen LogP contribution >= 0.6 is 11.6 Å². The van der Waals surface area contributed by atoms with Crippen molar-refractivity contribution in [1.29, 1.82) is 0 Å². The molecule has 49 nitrogen and oxygen atoms in total. The second-order valence-corrected chi connectivity index (χ2v) is 29.9. The Hall–Kier alpha value is -17.3. The number of nitro groups is 2. The first kappa shape index (κ1) is 84.3. The molecule has 0 spiro atoms. The number of carbonyl (C=O) groups is 3. The van der Waals surface area contributed by atoms with E-state index in [4.69, 9.17) is 54.1 Å². The number of β-amino-alcohol motifs (C(OH)–C–C–N with tert-alkyl or cyclic N) is 4. The number of nitrogen functional groups attached to an aromatic ring is 1. The maximum Gasteiger partial charge on any atom is 0.363 e. The Morgan fingerprint density at radius 2 is 0.750 bits per heavy atom. The largest absolute Gasteiger partial charge is 0.494 e. The van der Waals surface area contributed by atoms with Gasteiger partial charge in [0, 0.05) is 137 Å². The molecule has 0 radical (unpaired) electrons. The molecule has 0 saturated carbocycles. The highest BCUT2D eigenvalue weighted by molar-refractivity contribution is 6.29. The minimum atomic E-state index is -2.73. The first-order valence-electron chi connectivity index (χ1n) is 44.9. The molecule has 4 saturated heterocycles.